The van der Waals surface area contributed by atoms with Gasteiger partial charge < -0.3 is 5.32 Å². The number of rotatable bonds is 5. The van der Waals surface area contributed by atoms with Crippen LogP contribution in [0.15, 0.2) is 42.5 Å². The van der Waals surface area contributed by atoms with E-state index in [1.165, 1.54) is 0 Å². The van der Waals surface area contributed by atoms with Gasteiger partial charge in [0.2, 0.25) is 11.8 Å². The summed E-state index contributed by atoms with van der Waals surface area (Å²) in [6.07, 6.45) is 0. The Bertz CT molecular complexity index is 1340. The van der Waals surface area contributed by atoms with Crippen LogP contribution in [-0.4, -0.2) is 39.9 Å². The number of halogens is 1. The molecular weight excluding hydrogens is 504 g/mol. The van der Waals surface area contributed by atoms with Gasteiger partial charge in [0, 0.05) is 22.0 Å². The fraction of sp³-hybridized carbons (Fsp3) is 0.414. The van der Waals surface area contributed by atoms with E-state index >= 15 is 0 Å². The number of thioether (sulfide) groups is 1. The Morgan fingerprint density at radius 2 is 1.89 bits per heavy atom. The molecule has 0 saturated heterocycles. The molecule has 0 fully saturated rings. The van der Waals surface area contributed by atoms with Crippen molar-refractivity contribution in [3.63, 3.8) is 0 Å². The topological polar surface area (TPSA) is 67.2 Å². The van der Waals surface area contributed by atoms with Crippen LogP contribution < -0.4 is 10.2 Å². The molecule has 1 atom stereocenters. The first-order chi connectivity index (χ1) is 17.4. The number of hydrogen-bond acceptors (Lipinski definition) is 4. The van der Waals surface area contributed by atoms with Crippen molar-refractivity contribution in [2.24, 2.45) is 0 Å². The summed E-state index contributed by atoms with van der Waals surface area (Å²) in [6.45, 7) is 14.3. The largest absolute Gasteiger partial charge is 0.352 e. The molecule has 1 N–H and O–H groups in total. The standard InChI is InChI=1S/C29H35ClN4O2S/c1-17(2)31-23(35)15-33-24(36)16-37-26(20-11-9-12-21(30)14-20)25-27(29(5,6)7)32-34(28(25)33)22-13-8-10-18(3)19(22)4/h8-14,17,26H,15-16H2,1-7H3,(H,31,35)/t26-/m0/s1. The van der Waals surface area contributed by atoms with Crippen LogP contribution in [0.2, 0.25) is 5.02 Å². The third-order valence-corrected chi connectivity index (χ3v) is 8.00. The maximum atomic E-state index is 13.7. The SMILES string of the molecule is Cc1cccc(-n2nc(C(C)(C)C)c3c2N(CC(=O)NC(C)C)C(=O)CS[C@H]3c2cccc(Cl)c2)c1C. The van der Waals surface area contributed by atoms with Crippen molar-refractivity contribution in [3.8, 4) is 5.69 Å². The number of aryl methyl sites for hydroxylation is 1. The average molecular weight is 539 g/mol. The van der Waals surface area contributed by atoms with E-state index in [1.54, 1.807) is 16.7 Å². The van der Waals surface area contributed by atoms with Crippen LogP contribution >= 0.6 is 23.4 Å². The number of carbonyl (C=O) groups is 2. The molecule has 196 valence electrons. The summed E-state index contributed by atoms with van der Waals surface area (Å²) in [5.41, 5.74) is 5.63. The summed E-state index contributed by atoms with van der Waals surface area (Å²) in [4.78, 5) is 28.3. The van der Waals surface area contributed by atoms with Crippen LogP contribution in [0.4, 0.5) is 5.82 Å². The molecular formula is C29H35ClN4O2S. The first-order valence-corrected chi connectivity index (χ1v) is 14.0. The minimum absolute atomic E-state index is 0.0308. The van der Waals surface area contributed by atoms with Gasteiger partial charge >= 0.3 is 0 Å². The smallest absolute Gasteiger partial charge is 0.240 e. The molecule has 1 aliphatic heterocycles. The summed E-state index contributed by atoms with van der Waals surface area (Å²) in [5.74, 6) is 0.558. The summed E-state index contributed by atoms with van der Waals surface area (Å²) in [5, 5.41) is 8.58. The number of nitrogens with one attached hydrogen (secondary N) is 1. The number of nitrogens with zero attached hydrogens (tertiary/aromatic N) is 3. The summed E-state index contributed by atoms with van der Waals surface area (Å²) in [7, 11) is 0. The van der Waals surface area contributed by atoms with E-state index < -0.39 is 0 Å². The zero-order chi connectivity index (χ0) is 27.1. The number of aromatic nitrogens is 2. The van der Waals surface area contributed by atoms with Crippen molar-refractivity contribution < 1.29 is 9.59 Å². The molecule has 2 heterocycles. The predicted octanol–water partition coefficient (Wildman–Crippen LogP) is 6.13. The van der Waals surface area contributed by atoms with Gasteiger partial charge in [0.15, 0.2) is 0 Å². The maximum absolute atomic E-state index is 13.7. The molecule has 0 spiro atoms. The van der Waals surface area contributed by atoms with Crippen molar-refractivity contribution >= 4 is 41.0 Å². The van der Waals surface area contributed by atoms with E-state index in [1.807, 2.05) is 54.9 Å². The molecule has 2 amide bonds. The van der Waals surface area contributed by atoms with Crippen LogP contribution in [0.1, 0.15) is 67.8 Å². The van der Waals surface area contributed by atoms with Gasteiger partial charge in [0.1, 0.15) is 12.4 Å². The van der Waals surface area contributed by atoms with Crippen molar-refractivity contribution in [2.45, 2.75) is 65.2 Å². The highest BCUT2D eigenvalue weighted by atomic mass is 35.5. The Morgan fingerprint density at radius 1 is 1.19 bits per heavy atom. The lowest BCUT2D eigenvalue weighted by atomic mass is 9.87. The summed E-state index contributed by atoms with van der Waals surface area (Å²) in [6, 6.07) is 13.8. The lowest BCUT2D eigenvalue weighted by Crippen LogP contribution is -2.44. The first-order valence-electron chi connectivity index (χ1n) is 12.5. The molecule has 0 radical (unpaired) electrons. The number of anilines is 1. The predicted molar refractivity (Wildman–Crippen MR) is 153 cm³/mol. The van der Waals surface area contributed by atoms with Gasteiger partial charge in [-0.05, 0) is 62.6 Å². The van der Waals surface area contributed by atoms with Gasteiger partial charge in [0.25, 0.3) is 0 Å². The zero-order valence-electron chi connectivity index (χ0n) is 22.6. The zero-order valence-corrected chi connectivity index (χ0v) is 24.1. The van der Waals surface area contributed by atoms with E-state index in [0.29, 0.717) is 10.8 Å². The Labute approximate surface area is 228 Å². The normalized spacial score (nSPS) is 16.1. The number of amides is 2. The number of fused-ring (bicyclic) bond motifs is 1. The van der Waals surface area contributed by atoms with Gasteiger partial charge in [-0.2, -0.15) is 5.10 Å². The maximum Gasteiger partial charge on any atom is 0.240 e. The molecule has 0 saturated carbocycles. The highest BCUT2D eigenvalue weighted by Crippen LogP contribution is 2.48. The third kappa shape index (κ3) is 5.58. The van der Waals surface area contributed by atoms with Crippen molar-refractivity contribution in [3.05, 3.63) is 75.4 Å². The Balaban J connectivity index is 2.05. The lowest BCUT2D eigenvalue weighted by molar-refractivity contribution is -0.123. The van der Waals surface area contributed by atoms with Crippen molar-refractivity contribution in [1.82, 2.24) is 15.1 Å². The molecule has 3 aromatic rings. The minimum atomic E-state index is -0.316. The highest BCUT2D eigenvalue weighted by molar-refractivity contribution is 8.00. The molecule has 1 aromatic heterocycles. The van der Waals surface area contributed by atoms with Crippen LogP contribution in [0.5, 0.6) is 0 Å². The summed E-state index contributed by atoms with van der Waals surface area (Å²) < 4.78 is 1.88. The van der Waals surface area contributed by atoms with Gasteiger partial charge in [0.05, 0.1) is 22.4 Å². The van der Waals surface area contributed by atoms with E-state index in [2.05, 4.69) is 46.0 Å². The number of carbonyl (C=O) groups excluding carboxylic acids is 2. The molecule has 1 aliphatic rings. The quantitative estimate of drug-likeness (QED) is 0.424. The van der Waals surface area contributed by atoms with Crippen LogP contribution in [0.3, 0.4) is 0 Å². The average Bonchev–Trinajstić information content (AvgIpc) is 3.13. The highest BCUT2D eigenvalue weighted by Gasteiger charge is 2.40. The molecule has 6 nitrogen and oxygen atoms in total. The number of hydrogen-bond donors (Lipinski definition) is 1. The molecule has 0 bridgehead atoms. The Morgan fingerprint density at radius 3 is 2.54 bits per heavy atom. The van der Waals surface area contributed by atoms with E-state index in [0.717, 1.165) is 33.6 Å². The minimum Gasteiger partial charge on any atom is -0.352 e. The van der Waals surface area contributed by atoms with Gasteiger partial charge in [-0.3, -0.25) is 14.5 Å². The fourth-order valence-corrected chi connectivity index (χ4v) is 6.04. The molecule has 2 aromatic carbocycles. The molecule has 8 heteroatoms. The third-order valence-electron chi connectivity index (χ3n) is 6.51. The van der Waals surface area contributed by atoms with Gasteiger partial charge in [-0.15, -0.1) is 11.8 Å². The van der Waals surface area contributed by atoms with Crippen LogP contribution in [-0.2, 0) is 15.0 Å². The van der Waals surface area contributed by atoms with Crippen LogP contribution in [0, 0.1) is 13.8 Å². The Kier molecular flexibility index (Phi) is 7.77. The van der Waals surface area contributed by atoms with E-state index in [9.17, 15) is 9.59 Å². The fourth-order valence-electron chi connectivity index (χ4n) is 4.65. The Hall–Kier alpha value is -2.77. The monoisotopic (exact) mass is 538 g/mol. The van der Waals surface area contributed by atoms with E-state index in [4.69, 9.17) is 16.7 Å². The molecule has 4 rings (SSSR count). The molecule has 0 aliphatic carbocycles. The van der Waals surface area contributed by atoms with Gasteiger partial charge in [-0.25, -0.2) is 4.68 Å². The second-order valence-corrected chi connectivity index (χ2v) is 12.4. The first kappa shape index (κ1) is 27.3. The van der Waals surface area contributed by atoms with Crippen molar-refractivity contribution in [1.29, 1.82) is 0 Å². The second kappa shape index (κ2) is 10.5. The number of benzene rings is 2. The van der Waals surface area contributed by atoms with Crippen LogP contribution in [0.25, 0.3) is 5.69 Å². The van der Waals surface area contributed by atoms with E-state index in [-0.39, 0.29) is 40.8 Å². The second-order valence-electron chi connectivity index (χ2n) is 10.9. The molecule has 0 unspecified atom stereocenters. The summed E-state index contributed by atoms with van der Waals surface area (Å²) >= 11 is 7.97. The molecule has 37 heavy (non-hydrogen) atoms. The van der Waals surface area contributed by atoms with Crippen molar-refractivity contribution in [2.75, 3.05) is 17.2 Å². The lowest BCUT2D eigenvalue weighted by Gasteiger charge is -2.25. The van der Waals surface area contributed by atoms with Gasteiger partial charge in [-0.1, -0.05) is 56.6 Å².